The van der Waals surface area contributed by atoms with Crippen molar-refractivity contribution in [2.24, 2.45) is 0 Å². The Kier molecular flexibility index (Phi) is 4.10. The summed E-state index contributed by atoms with van der Waals surface area (Å²) in [5.74, 6) is 0.553. The molecule has 4 nitrogen and oxygen atoms in total. The van der Waals surface area contributed by atoms with E-state index in [-0.39, 0.29) is 6.10 Å². The summed E-state index contributed by atoms with van der Waals surface area (Å²) < 4.78 is 5.49. The van der Waals surface area contributed by atoms with Crippen LogP contribution >= 0.6 is 11.3 Å². The Bertz CT molecular complexity index is 458. The van der Waals surface area contributed by atoms with Crippen LogP contribution in [-0.4, -0.2) is 19.3 Å². The number of nitrogens with two attached hydrogens (primary N) is 1. The van der Waals surface area contributed by atoms with Crippen molar-refractivity contribution in [1.29, 1.82) is 5.26 Å². The van der Waals surface area contributed by atoms with Gasteiger partial charge >= 0.3 is 0 Å². The average molecular weight is 265 g/mol. The normalized spacial score (nSPS) is 14.8. The first kappa shape index (κ1) is 13.2. The van der Waals surface area contributed by atoms with E-state index in [4.69, 9.17) is 15.7 Å². The number of hydrogen-bond donors (Lipinski definition) is 2. The molecule has 1 aliphatic rings. The molecule has 2 rings (SSSR count). The molecule has 1 aromatic rings. The van der Waals surface area contributed by atoms with E-state index in [0.717, 1.165) is 17.1 Å². The highest BCUT2D eigenvalue weighted by molar-refractivity contribution is 7.17. The lowest BCUT2D eigenvalue weighted by molar-refractivity contribution is 0.0871. The van der Waals surface area contributed by atoms with Crippen LogP contribution in [0.4, 0.5) is 10.7 Å². The molecule has 98 valence electrons. The predicted octanol–water partition coefficient (Wildman–Crippen LogP) is 2.92. The van der Waals surface area contributed by atoms with E-state index in [1.165, 1.54) is 24.2 Å². The maximum Gasteiger partial charge on any atom is 0.130 e. The number of nitriles is 1. The molecule has 0 aromatic carbocycles. The molecule has 5 heteroatoms. The van der Waals surface area contributed by atoms with E-state index in [9.17, 15) is 0 Å². The largest absolute Gasteiger partial charge is 0.397 e. The van der Waals surface area contributed by atoms with Crippen LogP contribution in [0, 0.1) is 11.3 Å². The first-order chi connectivity index (χ1) is 8.63. The molecule has 0 amide bonds. The van der Waals surface area contributed by atoms with Gasteiger partial charge in [0.15, 0.2) is 0 Å². The smallest absolute Gasteiger partial charge is 0.130 e. The van der Waals surface area contributed by atoms with E-state index < -0.39 is 0 Å². The lowest BCUT2D eigenvalue weighted by atomic mass is 10.1. The summed E-state index contributed by atoms with van der Waals surface area (Å²) in [6.45, 7) is 5.46. The Labute approximate surface area is 112 Å². The second-order valence-electron chi connectivity index (χ2n) is 4.82. The van der Waals surface area contributed by atoms with E-state index in [1.807, 2.05) is 13.8 Å². The fourth-order valence-corrected chi connectivity index (χ4v) is 2.94. The van der Waals surface area contributed by atoms with Crippen LogP contribution in [0.2, 0.25) is 0 Å². The summed E-state index contributed by atoms with van der Waals surface area (Å²) in [5.41, 5.74) is 7.86. The van der Waals surface area contributed by atoms with Crippen LogP contribution in [-0.2, 0) is 4.74 Å². The van der Waals surface area contributed by atoms with Gasteiger partial charge in [0, 0.05) is 12.1 Å². The number of nitrogens with zero attached hydrogens (tertiary/aromatic N) is 1. The maximum atomic E-state index is 9.03. The van der Waals surface area contributed by atoms with Gasteiger partial charge in [0.1, 0.15) is 10.9 Å². The molecule has 1 aliphatic carbocycles. The van der Waals surface area contributed by atoms with E-state index in [2.05, 4.69) is 11.4 Å². The van der Waals surface area contributed by atoms with Crippen molar-refractivity contribution < 1.29 is 4.74 Å². The average Bonchev–Trinajstić information content (AvgIpc) is 3.10. The molecule has 1 fully saturated rings. The van der Waals surface area contributed by atoms with Gasteiger partial charge in [-0.3, -0.25) is 0 Å². The molecule has 0 unspecified atom stereocenters. The number of thiophene rings is 1. The monoisotopic (exact) mass is 265 g/mol. The number of nitrogens with one attached hydrogen (secondary N) is 1. The molecule has 0 aliphatic heterocycles. The van der Waals surface area contributed by atoms with Crippen molar-refractivity contribution in [1.82, 2.24) is 0 Å². The third-order valence-corrected chi connectivity index (χ3v) is 3.99. The molecular weight excluding hydrogens is 246 g/mol. The third-order valence-electron chi connectivity index (χ3n) is 2.91. The van der Waals surface area contributed by atoms with E-state index in [1.54, 1.807) is 0 Å². The van der Waals surface area contributed by atoms with Gasteiger partial charge in [0.05, 0.1) is 23.4 Å². The second kappa shape index (κ2) is 5.59. The summed E-state index contributed by atoms with van der Waals surface area (Å²) in [5, 5.41) is 13.4. The Morgan fingerprint density at radius 2 is 2.28 bits per heavy atom. The minimum absolute atomic E-state index is 0.248. The van der Waals surface area contributed by atoms with Crippen LogP contribution in [0.15, 0.2) is 0 Å². The SMILES string of the molecule is CC(C)OCCNc1sc(C#N)c(N)c1C1CC1. The molecule has 3 N–H and O–H groups in total. The molecule has 0 atom stereocenters. The first-order valence-corrected chi connectivity index (χ1v) is 7.12. The number of anilines is 2. The number of nitrogen functional groups attached to an aromatic ring is 1. The highest BCUT2D eigenvalue weighted by atomic mass is 32.1. The second-order valence-corrected chi connectivity index (χ2v) is 5.84. The minimum Gasteiger partial charge on any atom is -0.397 e. The first-order valence-electron chi connectivity index (χ1n) is 6.31. The minimum atomic E-state index is 0.248. The lowest BCUT2D eigenvalue weighted by Crippen LogP contribution is -2.13. The zero-order chi connectivity index (χ0) is 13.1. The summed E-state index contributed by atoms with van der Waals surface area (Å²) in [6.07, 6.45) is 2.61. The van der Waals surface area contributed by atoms with Crippen molar-refractivity contribution >= 4 is 22.0 Å². The fraction of sp³-hybridized carbons (Fsp3) is 0.615. The molecule has 1 heterocycles. The Hall–Kier alpha value is -1.25. The zero-order valence-corrected chi connectivity index (χ0v) is 11.6. The Morgan fingerprint density at radius 3 is 2.83 bits per heavy atom. The maximum absolute atomic E-state index is 9.03. The molecule has 0 radical (unpaired) electrons. The van der Waals surface area contributed by atoms with Crippen LogP contribution in [0.25, 0.3) is 0 Å². The Morgan fingerprint density at radius 1 is 1.56 bits per heavy atom. The van der Waals surface area contributed by atoms with Crippen molar-refractivity contribution in [3.05, 3.63) is 10.4 Å². The molecule has 1 aromatic heterocycles. The molecule has 0 saturated heterocycles. The van der Waals surface area contributed by atoms with Gasteiger partial charge in [-0.05, 0) is 32.6 Å². The predicted molar refractivity (Wildman–Crippen MR) is 75.0 cm³/mol. The summed E-state index contributed by atoms with van der Waals surface area (Å²) in [7, 11) is 0. The van der Waals surface area contributed by atoms with Crippen molar-refractivity contribution in [2.75, 3.05) is 24.2 Å². The Balaban J connectivity index is 2.01. The molecule has 1 saturated carbocycles. The van der Waals surface area contributed by atoms with Crippen LogP contribution in [0.3, 0.4) is 0 Å². The van der Waals surface area contributed by atoms with Crippen molar-refractivity contribution in [3.8, 4) is 6.07 Å². The van der Waals surface area contributed by atoms with Crippen LogP contribution < -0.4 is 11.1 Å². The molecule has 0 bridgehead atoms. The van der Waals surface area contributed by atoms with Crippen molar-refractivity contribution in [3.63, 3.8) is 0 Å². The number of ether oxygens (including phenoxy) is 1. The van der Waals surface area contributed by atoms with E-state index in [0.29, 0.717) is 23.1 Å². The molecule has 18 heavy (non-hydrogen) atoms. The quantitative estimate of drug-likeness (QED) is 0.776. The van der Waals surface area contributed by atoms with Crippen LogP contribution in [0.1, 0.15) is 43.0 Å². The highest BCUT2D eigenvalue weighted by Gasteiger charge is 2.31. The van der Waals surface area contributed by atoms with Gasteiger partial charge in [-0.25, -0.2) is 0 Å². The van der Waals surface area contributed by atoms with Gasteiger partial charge in [-0.1, -0.05) is 0 Å². The zero-order valence-electron chi connectivity index (χ0n) is 10.8. The van der Waals surface area contributed by atoms with Gasteiger partial charge in [0.25, 0.3) is 0 Å². The van der Waals surface area contributed by atoms with Crippen molar-refractivity contribution in [2.45, 2.75) is 38.7 Å². The van der Waals surface area contributed by atoms with Gasteiger partial charge in [-0.15, -0.1) is 11.3 Å². The summed E-state index contributed by atoms with van der Waals surface area (Å²) in [6, 6.07) is 2.17. The number of hydrogen-bond acceptors (Lipinski definition) is 5. The summed E-state index contributed by atoms with van der Waals surface area (Å²) >= 11 is 1.46. The van der Waals surface area contributed by atoms with Crippen LogP contribution in [0.5, 0.6) is 0 Å². The third kappa shape index (κ3) is 2.95. The summed E-state index contributed by atoms with van der Waals surface area (Å²) in [4.78, 5) is 0.629. The number of rotatable bonds is 6. The lowest BCUT2D eigenvalue weighted by Gasteiger charge is -2.09. The van der Waals surface area contributed by atoms with Gasteiger partial charge in [0.2, 0.25) is 0 Å². The molecular formula is C13H19N3OS. The molecule has 0 spiro atoms. The topological polar surface area (TPSA) is 71.1 Å². The fourth-order valence-electron chi connectivity index (χ4n) is 1.91. The van der Waals surface area contributed by atoms with Gasteiger partial charge < -0.3 is 15.8 Å². The highest BCUT2D eigenvalue weighted by Crippen LogP contribution is 2.50. The van der Waals surface area contributed by atoms with Gasteiger partial charge in [-0.2, -0.15) is 5.26 Å². The van der Waals surface area contributed by atoms with E-state index >= 15 is 0 Å². The standard InChI is InChI=1S/C13H19N3OS/c1-8(2)17-6-5-16-13-11(9-3-4-9)12(15)10(7-14)18-13/h8-9,16H,3-6,15H2,1-2H3.